The van der Waals surface area contributed by atoms with Crippen LogP contribution in [0.15, 0.2) is 27.6 Å². The van der Waals surface area contributed by atoms with Gasteiger partial charge in [-0.25, -0.2) is 13.1 Å². The fraction of sp³-hybridized carbons (Fsp3) is 0.600. The number of nitrogens with two attached hydrogens (primary N) is 1. The summed E-state index contributed by atoms with van der Waals surface area (Å²) in [5, 5.41) is 0. The Kier molecular flexibility index (Phi) is 4.05. The number of sulfonamides is 1. The molecule has 0 heterocycles. The van der Waals surface area contributed by atoms with E-state index in [2.05, 4.69) is 20.7 Å². The van der Waals surface area contributed by atoms with Crippen LogP contribution in [-0.2, 0) is 10.0 Å². The maximum Gasteiger partial charge on any atom is 0.242 e. The molecule has 0 aliphatic heterocycles. The lowest BCUT2D eigenvalue weighted by Gasteiger charge is -2.28. The average molecular weight is 373 g/mol. The Bertz CT molecular complexity index is 647. The van der Waals surface area contributed by atoms with Crippen molar-refractivity contribution in [3.8, 4) is 0 Å². The van der Waals surface area contributed by atoms with Gasteiger partial charge in [-0.3, -0.25) is 0 Å². The van der Waals surface area contributed by atoms with Crippen LogP contribution in [0.4, 0.5) is 5.69 Å². The van der Waals surface area contributed by atoms with Crippen LogP contribution in [0.1, 0.15) is 32.6 Å². The Morgan fingerprint density at radius 1 is 1.33 bits per heavy atom. The van der Waals surface area contributed by atoms with Gasteiger partial charge in [0.2, 0.25) is 10.0 Å². The highest BCUT2D eigenvalue weighted by Gasteiger charge is 2.42. The van der Waals surface area contributed by atoms with E-state index >= 15 is 0 Å². The summed E-state index contributed by atoms with van der Waals surface area (Å²) in [6.07, 6.45) is 5.01. The number of nitrogen functional groups attached to an aromatic ring is 1. The molecule has 21 heavy (non-hydrogen) atoms. The van der Waals surface area contributed by atoms with Crippen molar-refractivity contribution < 1.29 is 8.42 Å². The molecule has 0 saturated heterocycles. The highest BCUT2D eigenvalue weighted by molar-refractivity contribution is 9.10. The van der Waals surface area contributed by atoms with Crippen molar-refractivity contribution in [3.63, 3.8) is 0 Å². The predicted octanol–water partition coefficient (Wildman–Crippen LogP) is 3.13. The molecular weight excluding hydrogens is 352 g/mol. The largest absolute Gasteiger partial charge is 0.399 e. The summed E-state index contributed by atoms with van der Waals surface area (Å²) in [7, 11) is -3.54. The molecule has 0 spiro atoms. The molecule has 4 nitrogen and oxygen atoms in total. The highest BCUT2D eigenvalue weighted by atomic mass is 79.9. The van der Waals surface area contributed by atoms with Crippen LogP contribution < -0.4 is 10.5 Å². The molecule has 4 atom stereocenters. The van der Waals surface area contributed by atoms with E-state index in [1.54, 1.807) is 12.1 Å². The third-order valence-electron chi connectivity index (χ3n) is 5.02. The summed E-state index contributed by atoms with van der Waals surface area (Å²) in [5.74, 6) is 1.97. The van der Waals surface area contributed by atoms with Crippen molar-refractivity contribution in [1.29, 1.82) is 0 Å². The van der Waals surface area contributed by atoms with Crippen molar-refractivity contribution in [1.82, 2.24) is 4.72 Å². The van der Waals surface area contributed by atoms with Gasteiger partial charge in [-0.05, 0) is 78.1 Å². The average Bonchev–Trinajstić information content (AvgIpc) is 3.03. The molecule has 3 N–H and O–H groups in total. The lowest BCUT2D eigenvalue weighted by atomic mass is 9.84. The van der Waals surface area contributed by atoms with Crippen molar-refractivity contribution in [3.05, 3.63) is 22.7 Å². The molecule has 0 radical (unpaired) electrons. The maximum absolute atomic E-state index is 12.6. The molecular formula is C15H21BrN2O2S. The van der Waals surface area contributed by atoms with Crippen LogP contribution in [-0.4, -0.2) is 14.5 Å². The first-order valence-corrected chi connectivity index (χ1v) is 9.72. The molecule has 6 heteroatoms. The number of hydrogen-bond acceptors (Lipinski definition) is 3. The zero-order valence-electron chi connectivity index (χ0n) is 12.0. The molecule has 2 aliphatic rings. The summed E-state index contributed by atoms with van der Waals surface area (Å²) in [6, 6.07) is 4.83. The Hall–Kier alpha value is -0.590. The number of hydrogen-bond donors (Lipinski definition) is 2. The second-order valence-electron chi connectivity index (χ2n) is 6.44. The minimum Gasteiger partial charge on any atom is -0.399 e. The minimum absolute atomic E-state index is 0.0290. The fourth-order valence-electron chi connectivity index (χ4n) is 4.03. The first kappa shape index (κ1) is 15.3. The lowest BCUT2D eigenvalue weighted by Crippen LogP contribution is -2.40. The number of fused-ring (bicyclic) bond motifs is 2. The molecule has 0 amide bonds. The van der Waals surface area contributed by atoms with Gasteiger partial charge < -0.3 is 5.73 Å². The van der Waals surface area contributed by atoms with Gasteiger partial charge in [0.05, 0.1) is 4.90 Å². The molecule has 0 aromatic heterocycles. The zero-order valence-corrected chi connectivity index (χ0v) is 14.5. The van der Waals surface area contributed by atoms with E-state index in [1.807, 2.05) is 6.92 Å². The lowest BCUT2D eigenvalue weighted by molar-refractivity contribution is 0.280. The fourth-order valence-corrected chi connectivity index (χ4v) is 6.32. The van der Waals surface area contributed by atoms with Crippen LogP contribution in [0.25, 0.3) is 0 Å². The molecule has 1 aromatic rings. The second-order valence-corrected chi connectivity index (χ2v) is 8.98. The number of nitrogens with one attached hydrogen (secondary N) is 1. The molecule has 116 valence electrons. The third kappa shape index (κ3) is 2.98. The number of halogens is 1. The second kappa shape index (κ2) is 5.56. The summed E-state index contributed by atoms with van der Waals surface area (Å²) in [6.45, 7) is 1.99. The summed E-state index contributed by atoms with van der Waals surface area (Å²) >= 11 is 3.30. The first-order chi connectivity index (χ1) is 9.87. The summed E-state index contributed by atoms with van der Waals surface area (Å²) in [4.78, 5) is 0.220. The monoisotopic (exact) mass is 372 g/mol. The van der Waals surface area contributed by atoms with Gasteiger partial charge in [-0.2, -0.15) is 0 Å². The minimum atomic E-state index is -3.54. The molecule has 1 aromatic carbocycles. The van der Waals surface area contributed by atoms with Crippen molar-refractivity contribution in [2.45, 2.75) is 43.5 Å². The first-order valence-electron chi connectivity index (χ1n) is 7.44. The van der Waals surface area contributed by atoms with Crippen molar-refractivity contribution in [2.24, 2.45) is 17.8 Å². The van der Waals surface area contributed by atoms with Gasteiger partial charge in [0, 0.05) is 16.2 Å². The van der Waals surface area contributed by atoms with Gasteiger partial charge in [0.1, 0.15) is 0 Å². The molecule has 2 aliphatic carbocycles. The molecule has 4 unspecified atom stereocenters. The topological polar surface area (TPSA) is 72.2 Å². The highest BCUT2D eigenvalue weighted by Crippen LogP contribution is 2.49. The molecule has 2 fully saturated rings. The van der Waals surface area contributed by atoms with Crippen LogP contribution in [0, 0.1) is 17.8 Å². The van der Waals surface area contributed by atoms with Gasteiger partial charge >= 0.3 is 0 Å². The van der Waals surface area contributed by atoms with Gasteiger partial charge in [0.15, 0.2) is 0 Å². The van der Waals surface area contributed by atoms with Crippen LogP contribution >= 0.6 is 15.9 Å². The molecule has 2 saturated carbocycles. The number of benzene rings is 1. The van der Waals surface area contributed by atoms with Crippen molar-refractivity contribution in [2.75, 3.05) is 5.73 Å². The predicted molar refractivity (Wildman–Crippen MR) is 87.3 cm³/mol. The smallest absolute Gasteiger partial charge is 0.242 e. The van der Waals surface area contributed by atoms with Gasteiger partial charge in [0.25, 0.3) is 0 Å². The van der Waals surface area contributed by atoms with E-state index in [4.69, 9.17) is 5.73 Å². The van der Waals surface area contributed by atoms with E-state index < -0.39 is 10.0 Å². The summed E-state index contributed by atoms with van der Waals surface area (Å²) < 4.78 is 28.6. The third-order valence-corrected chi connectivity index (χ3v) is 7.57. The zero-order chi connectivity index (χ0) is 15.2. The SMILES string of the molecule is CC(NS(=O)(=O)c1cc(N)ccc1Br)C1CC2CCC1C2. The van der Waals surface area contributed by atoms with Crippen LogP contribution in [0.5, 0.6) is 0 Å². The van der Waals surface area contributed by atoms with E-state index in [1.165, 1.54) is 25.3 Å². The normalized spacial score (nSPS) is 29.7. The van der Waals surface area contributed by atoms with Gasteiger partial charge in [-0.1, -0.05) is 6.42 Å². The van der Waals surface area contributed by atoms with E-state index in [-0.39, 0.29) is 10.9 Å². The van der Waals surface area contributed by atoms with Crippen molar-refractivity contribution >= 4 is 31.6 Å². The Labute approximate surface area is 134 Å². The van der Waals surface area contributed by atoms with E-state index in [0.29, 0.717) is 22.0 Å². The number of anilines is 1. The van der Waals surface area contributed by atoms with Gasteiger partial charge in [-0.15, -0.1) is 0 Å². The summed E-state index contributed by atoms with van der Waals surface area (Å²) in [5.41, 5.74) is 6.16. The standard InChI is InChI=1S/C15H21BrN2O2S/c1-9(13-7-10-2-3-11(13)6-10)18-21(19,20)15-8-12(17)4-5-14(15)16/h4-5,8-11,13,18H,2-3,6-7,17H2,1H3. The Morgan fingerprint density at radius 3 is 2.71 bits per heavy atom. The Balaban J connectivity index is 1.78. The molecule has 2 bridgehead atoms. The van der Waals surface area contributed by atoms with E-state index in [9.17, 15) is 8.42 Å². The number of rotatable bonds is 4. The quantitative estimate of drug-likeness (QED) is 0.797. The van der Waals surface area contributed by atoms with Crippen LogP contribution in [0.2, 0.25) is 0 Å². The maximum atomic E-state index is 12.6. The molecule has 3 rings (SSSR count). The van der Waals surface area contributed by atoms with E-state index in [0.717, 1.165) is 12.3 Å². The Morgan fingerprint density at radius 2 is 2.10 bits per heavy atom. The van der Waals surface area contributed by atoms with Crippen LogP contribution in [0.3, 0.4) is 0 Å².